The van der Waals surface area contributed by atoms with E-state index in [2.05, 4.69) is 5.32 Å². The molecule has 3 aromatic rings. The number of anilines is 1. The van der Waals surface area contributed by atoms with Crippen LogP contribution in [0.3, 0.4) is 0 Å². The lowest BCUT2D eigenvalue weighted by Gasteiger charge is -2.17. The third-order valence-corrected chi connectivity index (χ3v) is 4.89. The minimum Gasteiger partial charge on any atom is -0.338 e. The summed E-state index contributed by atoms with van der Waals surface area (Å²) < 4.78 is 13.0. The molecule has 1 fully saturated rings. The zero-order valence-electron chi connectivity index (χ0n) is 14.7. The van der Waals surface area contributed by atoms with E-state index in [0.717, 1.165) is 22.0 Å². The van der Waals surface area contributed by atoms with Crippen LogP contribution in [-0.4, -0.2) is 23.3 Å². The first-order valence-electron chi connectivity index (χ1n) is 8.90. The highest BCUT2D eigenvalue weighted by atomic mass is 19.1. The van der Waals surface area contributed by atoms with Gasteiger partial charge in [-0.2, -0.15) is 0 Å². The molecule has 0 bridgehead atoms. The fourth-order valence-corrected chi connectivity index (χ4v) is 3.42. The maximum absolute atomic E-state index is 13.0. The summed E-state index contributed by atoms with van der Waals surface area (Å²) in [5.74, 6) is -0.901. The molecule has 3 aromatic carbocycles. The fraction of sp³-hybridized carbons (Fsp3) is 0.182. The zero-order chi connectivity index (χ0) is 18.8. The van der Waals surface area contributed by atoms with Gasteiger partial charge in [0.2, 0.25) is 11.8 Å². The van der Waals surface area contributed by atoms with Crippen molar-refractivity contribution in [3.8, 4) is 0 Å². The van der Waals surface area contributed by atoms with Gasteiger partial charge in [0.05, 0.1) is 5.92 Å². The first-order valence-corrected chi connectivity index (χ1v) is 8.90. The Kier molecular flexibility index (Phi) is 4.59. The number of amides is 2. The number of nitrogens with zero attached hydrogens (tertiary/aromatic N) is 1. The molecule has 0 spiro atoms. The zero-order valence-corrected chi connectivity index (χ0v) is 14.7. The van der Waals surface area contributed by atoms with Crippen molar-refractivity contribution in [1.82, 2.24) is 4.90 Å². The third kappa shape index (κ3) is 3.82. The molecule has 0 radical (unpaired) electrons. The van der Waals surface area contributed by atoms with Crippen molar-refractivity contribution in [3.63, 3.8) is 0 Å². The van der Waals surface area contributed by atoms with Crippen LogP contribution in [0.2, 0.25) is 0 Å². The monoisotopic (exact) mass is 362 g/mol. The molecular weight excluding hydrogens is 343 g/mol. The third-order valence-electron chi connectivity index (χ3n) is 4.89. The van der Waals surface area contributed by atoms with Gasteiger partial charge in [0.1, 0.15) is 5.82 Å². The van der Waals surface area contributed by atoms with E-state index in [9.17, 15) is 14.0 Å². The number of nitrogens with one attached hydrogen (secondary N) is 1. The lowest BCUT2D eigenvalue weighted by Crippen LogP contribution is -2.28. The van der Waals surface area contributed by atoms with Crippen LogP contribution in [-0.2, 0) is 16.1 Å². The van der Waals surface area contributed by atoms with Crippen molar-refractivity contribution in [2.24, 2.45) is 5.92 Å². The smallest absolute Gasteiger partial charge is 0.229 e. The van der Waals surface area contributed by atoms with Crippen molar-refractivity contribution in [2.45, 2.75) is 13.0 Å². The number of halogens is 1. The Balaban J connectivity index is 1.41. The predicted molar refractivity (Wildman–Crippen MR) is 103 cm³/mol. The second kappa shape index (κ2) is 7.19. The summed E-state index contributed by atoms with van der Waals surface area (Å²) in [5.41, 5.74) is 1.57. The molecule has 1 heterocycles. The molecule has 1 aliphatic heterocycles. The van der Waals surface area contributed by atoms with Crippen molar-refractivity contribution in [2.75, 3.05) is 11.9 Å². The average molecular weight is 362 g/mol. The van der Waals surface area contributed by atoms with Crippen LogP contribution in [0.25, 0.3) is 10.8 Å². The average Bonchev–Trinajstić information content (AvgIpc) is 3.04. The molecule has 1 atom stereocenters. The lowest BCUT2D eigenvalue weighted by atomic mass is 10.1. The van der Waals surface area contributed by atoms with Gasteiger partial charge in [-0.05, 0) is 40.6 Å². The maximum Gasteiger partial charge on any atom is 0.229 e. The Hall–Kier alpha value is -3.21. The van der Waals surface area contributed by atoms with Crippen molar-refractivity contribution < 1.29 is 14.0 Å². The second-order valence-corrected chi connectivity index (χ2v) is 6.85. The molecule has 4 rings (SSSR count). The Morgan fingerprint density at radius 3 is 2.56 bits per heavy atom. The molecule has 0 unspecified atom stereocenters. The number of hydrogen-bond acceptors (Lipinski definition) is 2. The number of fused-ring (bicyclic) bond motifs is 1. The molecule has 5 heteroatoms. The summed E-state index contributed by atoms with van der Waals surface area (Å²) in [6.07, 6.45) is 0.195. The molecule has 4 nitrogen and oxygen atoms in total. The summed E-state index contributed by atoms with van der Waals surface area (Å²) >= 11 is 0. The molecule has 1 saturated heterocycles. The fourth-order valence-electron chi connectivity index (χ4n) is 3.42. The van der Waals surface area contributed by atoms with E-state index in [1.165, 1.54) is 12.1 Å². The highest BCUT2D eigenvalue weighted by Crippen LogP contribution is 2.24. The predicted octanol–water partition coefficient (Wildman–Crippen LogP) is 3.97. The second-order valence-electron chi connectivity index (χ2n) is 6.85. The molecule has 27 heavy (non-hydrogen) atoms. The highest BCUT2D eigenvalue weighted by Gasteiger charge is 2.34. The largest absolute Gasteiger partial charge is 0.338 e. The molecule has 136 valence electrons. The number of hydrogen-bond donors (Lipinski definition) is 1. The Labute approximate surface area is 156 Å². The molecule has 0 saturated carbocycles. The standard InChI is InChI=1S/C22H19FN2O2/c23-19-8-5-15(6-9-19)13-25-14-18(12-21(25)26)22(27)24-20-10-7-16-3-1-2-4-17(16)11-20/h1-11,18H,12-14H2,(H,24,27)/t18-/m1/s1. The van der Waals surface area contributed by atoms with Gasteiger partial charge in [-0.1, -0.05) is 42.5 Å². The van der Waals surface area contributed by atoms with Gasteiger partial charge in [-0.3, -0.25) is 9.59 Å². The van der Waals surface area contributed by atoms with E-state index >= 15 is 0 Å². The number of benzene rings is 3. The van der Waals surface area contributed by atoms with Crippen LogP contribution in [0.1, 0.15) is 12.0 Å². The highest BCUT2D eigenvalue weighted by molar-refractivity contribution is 5.98. The summed E-state index contributed by atoms with van der Waals surface area (Å²) in [4.78, 5) is 26.5. The number of likely N-dealkylation sites (tertiary alicyclic amines) is 1. The molecule has 1 N–H and O–H groups in total. The summed E-state index contributed by atoms with van der Waals surface area (Å²) in [6.45, 7) is 0.758. The normalized spacial score (nSPS) is 16.7. The summed E-state index contributed by atoms with van der Waals surface area (Å²) in [7, 11) is 0. The van der Waals surface area contributed by atoms with Crippen molar-refractivity contribution in [3.05, 3.63) is 78.1 Å². The van der Waals surface area contributed by atoms with E-state index in [0.29, 0.717) is 13.1 Å². The molecule has 0 aliphatic carbocycles. The Morgan fingerprint density at radius 2 is 1.78 bits per heavy atom. The van der Waals surface area contributed by atoms with Crippen LogP contribution >= 0.6 is 0 Å². The minimum atomic E-state index is -0.385. The van der Waals surface area contributed by atoms with Gasteiger partial charge >= 0.3 is 0 Å². The van der Waals surface area contributed by atoms with Crippen LogP contribution < -0.4 is 5.32 Å². The molecule has 1 aliphatic rings. The number of carbonyl (C=O) groups excluding carboxylic acids is 2. The Bertz CT molecular complexity index is 1000. The SMILES string of the molecule is O=C(Nc1ccc2ccccc2c1)[C@@H]1CC(=O)N(Cc2ccc(F)cc2)C1. The minimum absolute atomic E-state index is 0.0574. The number of carbonyl (C=O) groups is 2. The maximum atomic E-state index is 13.0. The molecule has 2 amide bonds. The van der Waals surface area contributed by atoms with Gasteiger partial charge in [0.25, 0.3) is 0 Å². The van der Waals surface area contributed by atoms with Crippen LogP contribution in [0.4, 0.5) is 10.1 Å². The van der Waals surface area contributed by atoms with Crippen LogP contribution in [0.5, 0.6) is 0 Å². The molecular formula is C22H19FN2O2. The summed E-state index contributed by atoms with van der Waals surface area (Å²) in [5, 5.41) is 5.08. The van der Waals surface area contributed by atoms with E-state index in [1.54, 1.807) is 17.0 Å². The van der Waals surface area contributed by atoms with Gasteiger partial charge in [-0.15, -0.1) is 0 Å². The first kappa shape index (κ1) is 17.2. The lowest BCUT2D eigenvalue weighted by molar-refractivity contribution is -0.128. The van der Waals surface area contributed by atoms with Crippen LogP contribution in [0.15, 0.2) is 66.7 Å². The van der Waals surface area contributed by atoms with E-state index < -0.39 is 0 Å². The topological polar surface area (TPSA) is 49.4 Å². The van der Waals surface area contributed by atoms with Gasteiger partial charge in [0, 0.05) is 25.2 Å². The van der Waals surface area contributed by atoms with E-state index in [-0.39, 0.29) is 30.0 Å². The molecule has 0 aromatic heterocycles. The van der Waals surface area contributed by atoms with Crippen molar-refractivity contribution >= 4 is 28.3 Å². The van der Waals surface area contributed by atoms with Gasteiger partial charge in [0.15, 0.2) is 0 Å². The van der Waals surface area contributed by atoms with Gasteiger partial charge < -0.3 is 10.2 Å². The van der Waals surface area contributed by atoms with Crippen LogP contribution in [0, 0.1) is 11.7 Å². The van der Waals surface area contributed by atoms with E-state index in [4.69, 9.17) is 0 Å². The van der Waals surface area contributed by atoms with Crippen molar-refractivity contribution in [1.29, 1.82) is 0 Å². The van der Waals surface area contributed by atoms with Gasteiger partial charge in [-0.25, -0.2) is 4.39 Å². The van der Waals surface area contributed by atoms with E-state index in [1.807, 2.05) is 42.5 Å². The Morgan fingerprint density at radius 1 is 1.04 bits per heavy atom. The summed E-state index contributed by atoms with van der Waals surface area (Å²) in [6, 6.07) is 19.8. The quantitative estimate of drug-likeness (QED) is 0.764. The number of rotatable bonds is 4. The first-order chi connectivity index (χ1) is 13.1.